The zero-order valence-corrected chi connectivity index (χ0v) is 19.2. The van der Waals surface area contributed by atoms with Gasteiger partial charge in [-0.2, -0.15) is 0 Å². The van der Waals surface area contributed by atoms with Crippen LogP contribution in [0.5, 0.6) is 0 Å². The molecule has 2 amide bonds. The minimum atomic E-state index is -0.778. The van der Waals surface area contributed by atoms with Crippen molar-refractivity contribution in [3.05, 3.63) is 98.0 Å². The van der Waals surface area contributed by atoms with Crippen LogP contribution in [0.4, 0.5) is 5.69 Å². The van der Waals surface area contributed by atoms with Gasteiger partial charge in [0.05, 0.1) is 27.4 Å². The Kier molecular flexibility index (Phi) is 6.06. The number of esters is 1. The van der Waals surface area contributed by atoms with Crippen LogP contribution in [-0.2, 0) is 4.74 Å². The Morgan fingerprint density at radius 1 is 0.879 bits per heavy atom. The number of halogens is 2. The molecule has 166 valence electrons. The number of ketones is 1. The SMILES string of the molecule is Cc1ccc(C)c(C(=O)COC(=O)c2ccc3c(c2)C(=O)N(c2ccc(Cl)cc2Cl)C3=O)c1. The fourth-order valence-electron chi connectivity index (χ4n) is 3.58. The molecule has 8 heteroatoms. The molecule has 0 radical (unpaired) electrons. The molecule has 4 rings (SSSR count). The van der Waals surface area contributed by atoms with Crippen molar-refractivity contribution in [2.75, 3.05) is 11.5 Å². The topological polar surface area (TPSA) is 80.8 Å². The zero-order valence-electron chi connectivity index (χ0n) is 17.6. The summed E-state index contributed by atoms with van der Waals surface area (Å²) in [5.74, 6) is -2.30. The molecule has 0 aliphatic carbocycles. The summed E-state index contributed by atoms with van der Waals surface area (Å²) < 4.78 is 5.17. The van der Waals surface area contributed by atoms with Crippen molar-refractivity contribution in [3.63, 3.8) is 0 Å². The first kappa shape index (κ1) is 22.7. The van der Waals surface area contributed by atoms with Gasteiger partial charge < -0.3 is 4.74 Å². The lowest BCUT2D eigenvalue weighted by Gasteiger charge is -2.15. The van der Waals surface area contributed by atoms with Crippen LogP contribution in [0.1, 0.15) is 52.6 Å². The highest BCUT2D eigenvalue weighted by Crippen LogP contribution is 2.35. The Morgan fingerprint density at radius 2 is 1.61 bits per heavy atom. The van der Waals surface area contributed by atoms with Gasteiger partial charge >= 0.3 is 5.97 Å². The second kappa shape index (κ2) is 8.81. The van der Waals surface area contributed by atoms with E-state index in [4.69, 9.17) is 27.9 Å². The number of fused-ring (bicyclic) bond motifs is 1. The van der Waals surface area contributed by atoms with Crippen molar-refractivity contribution in [1.29, 1.82) is 0 Å². The Balaban J connectivity index is 1.53. The average molecular weight is 482 g/mol. The molecule has 3 aromatic rings. The maximum Gasteiger partial charge on any atom is 0.338 e. The molecule has 0 unspecified atom stereocenters. The van der Waals surface area contributed by atoms with Crippen LogP contribution >= 0.6 is 23.2 Å². The first-order chi connectivity index (χ1) is 15.7. The van der Waals surface area contributed by atoms with Crippen LogP contribution in [0.25, 0.3) is 0 Å². The van der Waals surface area contributed by atoms with E-state index in [1.54, 1.807) is 13.0 Å². The smallest absolute Gasteiger partial charge is 0.338 e. The summed E-state index contributed by atoms with van der Waals surface area (Å²) in [4.78, 5) is 51.7. The number of carbonyl (C=O) groups is 4. The van der Waals surface area contributed by atoms with Gasteiger partial charge in [0.25, 0.3) is 11.8 Å². The monoisotopic (exact) mass is 481 g/mol. The third-order valence-electron chi connectivity index (χ3n) is 5.30. The van der Waals surface area contributed by atoms with Crippen LogP contribution in [0.2, 0.25) is 10.0 Å². The quantitative estimate of drug-likeness (QED) is 0.275. The van der Waals surface area contributed by atoms with Crippen molar-refractivity contribution in [2.45, 2.75) is 13.8 Å². The number of hydrogen-bond acceptors (Lipinski definition) is 5. The molecule has 0 N–H and O–H groups in total. The number of hydrogen-bond donors (Lipinski definition) is 0. The molecule has 33 heavy (non-hydrogen) atoms. The molecule has 0 aromatic heterocycles. The summed E-state index contributed by atoms with van der Waals surface area (Å²) in [6, 6.07) is 13.9. The number of aryl methyl sites for hydroxylation is 2. The molecule has 0 saturated carbocycles. The molecule has 0 bridgehead atoms. The van der Waals surface area contributed by atoms with Crippen LogP contribution in [-0.4, -0.2) is 30.2 Å². The van der Waals surface area contributed by atoms with Crippen molar-refractivity contribution in [3.8, 4) is 0 Å². The van der Waals surface area contributed by atoms with Gasteiger partial charge in [0, 0.05) is 10.6 Å². The summed E-state index contributed by atoms with van der Waals surface area (Å²) in [6.07, 6.45) is 0. The lowest BCUT2D eigenvalue weighted by Crippen LogP contribution is -2.29. The molecular formula is C25H17Cl2NO5. The van der Waals surface area contributed by atoms with Gasteiger partial charge in [-0.25, -0.2) is 9.69 Å². The lowest BCUT2D eigenvalue weighted by molar-refractivity contribution is 0.0474. The highest BCUT2D eigenvalue weighted by atomic mass is 35.5. The van der Waals surface area contributed by atoms with Gasteiger partial charge in [-0.1, -0.05) is 40.9 Å². The van der Waals surface area contributed by atoms with E-state index in [1.807, 2.05) is 19.1 Å². The summed E-state index contributed by atoms with van der Waals surface area (Å²) in [5.41, 5.74) is 2.60. The summed E-state index contributed by atoms with van der Waals surface area (Å²) in [5, 5.41) is 0.502. The van der Waals surface area contributed by atoms with E-state index in [-0.39, 0.29) is 33.2 Å². The van der Waals surface area contributed by atoms with E-state index >= 15 is 0 Å². The lowest BCUT2D eigenvalue weighted by atomic mass is 10.0. The minimum absolute atomic E-state index is 0.0429. The van der Waals surface area contributed by atoms with E-state index in [1.165, 1.54) is 36.4 Å². The molecular weight excluding hydrogens is 465 g/mol. The predicted octanol–water partition coefficient (Wildman–Crippen LogP) is 5.45. The van der Waals surface area contributed by atoms with Crippen LogP contribution < -0.4 is 4.90 Å². The third-order valence-corrected chi connectivity index (χ3v) is 5.84. The van der Waals surface area contributed by atoms with Gasteiger partial charge in [-0.05, 0) is 61.9 Å². The molecule has 1 aliphatic rings. The van der Waals surface area contributed by atoms with E-state index in [9.17, 15) is 19.2 Å². The molecule has 0 spiro atoms. The minimum Gasteiger partial charge on any atom is -0.454 e. The molecule has 0 atom stereocenters. The second-order valence-electron chi connectivity index (χ2n) is 7.62. The Labute approximate surface area is 199 Å². The number of Topliss-reactive ketones (excluding diaryl/α,β-unsaturated/α-hetero) is 1. The molecule has 1 heterocycles. The predicted molar refractivity (Wildman–Crippen MR) is 125 cm³/mol. The van der Waals surface area contributed by atoms with E-state index in [0.717, 1.165) is 16.0 Å². The zero-order chi connectivity index (χ0) is 23.9. The molecule has 0 saturated heterocycles. The second-order valence-corrected chi connectivity index (χ2v) is 8.46. The number of nitrogens with zero attached hydrogens (tertiary/aromatic N) is 1. The first-order valence-corrected chi connectivity index (χ1v) is 10.7. The summed E-state index contributed by atoms with van der Waals surface area (Å²) in [7, 11) is 0. The number of rotatable bonds is 5. The highest BCUT2D eigenvalue weighted by Gasteiger charge is 2.38. The van der Waals surface area contributed by atoms with Crippen LogP contribution in [0.15, 0.2) is 54.6 Å². The number of amides is 2. The number of benzene rings is 3. The van der Waals surface area contributed by atoms with Crippen LogP contribution in [0, 0.1) is 13.8 Å². The molecule has 3 aromatic carbocycles. The summed E-state index contributed by atoms with van der Waals surface area (Å²) >= 11 is 12.1. The normalized spacial score (nSPS) is 12.7. The van der Waals surface area contributed by atoms with Gasteiger partial charge in [0.15, 0.2) is 6.61 Å². The Hall–Kier alpha value is -3.48. The fraction of sp³-hybridized carbons (Fsp3) is 0.120. The summed E-state index contributed by atoms with van der Waals surface area (Å²) in [6.45, 7) is 3.22. The largest absolute Gasteiger partial charge is 0.454 e. The highest BCUT2D eigenvalue weighted by molar-refractivity contribution is 6.41. The Bertz CT molecular complexity index is 1350. The maximum atomic E-state index is 12.9. The fourth-order valence-corrected chi connectivity index (χ4v) is 4.07. The Morgan fingerprint density at radius 3 is 2.33 bits per heavy atom. The number of anilines is 1. The van der Waals surface area contributed by atoms with Crippen molar-refractivity contribution in [1.82, 2.24) is 0 Å². The average Bonchev–Trinajstić information content (AvgIpc) is 3.03. The van der Waals surface area contributed by atoms with Crippen molar-refractivity contribution in [2.24, 2.45) is 0 Å². The number of imide groups is 1. The van der Waals surface area contributed by atoms with Gasteiger partial charge in [0.1, 0.15) is 0 Å². The maximum absolute atomic E-state index is 12.9. The standard InChI is InChI=1S/C25H17Cl2NO5/c1-13-3-4-14(2)18(9-13)22(29)12-33-25(32)15-5-7-17-19(10-15)24(31)28(23(17)30)21-8-6-16(26)11-20(21)27/h3-11H,12H2,1-2H3. The van der Waals surface area contributed by atoms with Gasteiger partial charge in [-0.3, -0.25) is 14.4 Å². The molecule has 6 nitrogen and oxygen atoms in total. The molecule has 0 fully saturated rings. The van der Waals surface area contributed by atoms with Gasteiger partial charge in [-0.15, -0.1) is 0 Å². The van der Waals surface area contributed by atoms with Crippen molar-refractivity contribution < 1.29 is 23.9 Å². The number of ether oxygens (including phenoxy) is 1. The molecule has 1 aliphatic heterocycles. The third kappa shape index (κ3) is 4.27. The first-order valence-electron chi connectivity index (χ1n) is 9.93. The van der Waals surface area contributed by atoms with E-state index < -0.39 is 24.4 Å². The van der Waals surface area contributed by atoms with Gasteiger partial charge in [0.2, 0.25) is 5.78 Å². The van der Waals surface area contributed by atoms with E-state index in [0.29, 0.717) is 10.6 Å². The van der Waals surface area contributed by atoms with Crippen LogP contribution in [0.3, 0.4) is 0 Å². The van der Waals surface area contributed by atoms with Crippen molar-refractivity contribution >= 4 is 52.5 Å². The number of carbonyl (C=O) groups excluding carboxylic acids is 4. The van der Waals surface area contributed by atoms with E-state index in [2.05, 4.69) is 0 Å².